The second-order valence-electron chi connectivity index (χ2n) is 6.67. The summed E-state index contributed by atoms with van der Waals surface area (Å²) in [5, 5.41) is 5.17. The largest absolute Gasteiger partial charge is 0.458 e. The maximum atomic E-state index is 12.1. The van der Waals surface area contributed by atoms with E-state index in [1.807, 2.05) is 13.0 Å². The Hall–Kier alpha value is -3.23. The van der Waals surface area contributed by atoms with Crippen molar-refractivity contribution in [3.05, 3.63) is 75.8 Å². The summed E-state index contributed by atoms with van der Waals surface area (Å²) in [6.45, 7) is 2.98. The van der Waals surface area contributed by atoms with E-state index in [2.05, 4.69) is 10.3 Å². The number of nitrogens with zero attached hydrogens (tertiary/aromatic N) is 2. The van der Waals surface area contributed by atoms with Gasteiger partial charge in [0.1, 0.15) is 13.2 Å². The molecule has 1 aromatic heterocycles. The molecule has 0 atom stereocenters. The molecule has 0 saturated heterocycles. The highest BCUT2D eigenvalue weighted by Gasteiger charge is 2.19. The van der Waals surface area contributed by atoms with Crippen LogP contribution in [0.4, 0.5) is 10.8 Å². The topological polar surface area (TPSA) is 88.6 Å². The van der Waals surface area contributed by atoms with Crippen LogP contribution in [0, 0.1) is 6.92 Å². The summed E-state index contributed by atoms with van der Waals surface area (Å²) in [4.78, 5) is 42.0. The molecule has 9 heteroatoms. The summed E-state index contributed by atoms with van der Waals surface area (Å²) < 4.78 is 5.18. The maximum absolute atomic E-state index is 12.1. The smallest absolute Gasteiger partial charge is 0.325 e. The van der Waals surface area contributed by atoms with E-state index in [1.54, 1.807) is 47.8 Å². The highest BCUT2D eigenvalue weighted by Crippen LogP contribution is 2.30. The number of benzene rings is 2. The normalized spacial score (nSPS) is 10.4. The summed E-state index contributed by atoms with van der Waals surface area (Å²) in [6, 6.07) is 13.9. The van der Waals surface area contributed by atoms with Crippen molar-refractivity contribution in [3.63, 3.8) is 0 Å². The van der Waals surface area contributed by atoms with E-state index < -0.39 is 5.97 Å². The molecule has 0 bridgehead atoms. The van der Waals surface area contributed by atoms with E-state index in [9.17, 15) is 14.4 Å². The molecule has 1 heterocycles. The molecular formula is C22H20ClN3O4S. The molecule has 2 aromatic carbocycles. The van der Waals surface area contributed by atoms with E-state index in [1.165, 1.54) is 23.2 Å². The lowest BCUT2D eigenvalue weighted by Gasteiger charge is -2.18. The Morgan fingerprint density at radius 2 is 1.94 bits per heavy atom. The van der Waals surface area contributed by atoms with Crippen LogP contribution in [-0.2, 0) is 20.9 Å². The van der Waals surface area contributed by atoms with E-state index >= 15 is 0 Å². The number of hydrogen-bond acceptors (Lipinski definition) is 6. The third kappa shape index (κ3) is 6.13. The number of halogens is 1. The molecule has 0 saturated carbocycles. The van der Waals surface area contributed by atoms with Crippen molar-refractivity contribution in [1.82, 2.24) is 10.3 Å². The molecule has 1 N–H and O–H groups in total. The molecule has 3 aromatic rings. The highest BCUT2D eigenvalue weighted by molar-refractivity contribution is 7.14. The predicted octanol–water partition coefficient (Wildman–Crippen LogP) is 4.26. The number of amides is 2. The molecule has 0 aliphatic carbocycles. The summed E-state index contributed by atoms with van der Waals surface area (Å²) in [5.41, 5.74) is 2.51. The number of esters is 1. The van der Waals surface area contributed by atoms with Crippen molar-refractivity contribution < 1.29 is 19.1 Å². The van der Waals surface area contributed by atoms with Gasteiger partial charge in [0, 0.05) is 22.9 Å². The third-order valence-corrected chi connectivity index (χ3v) is 5.28. The van der Waals surface area contributed by atoms with Crippen LogP contribution in [0.15, 0.2) is 53.9 Å². The number of rotatable bonds is 7. The van der Waals surface area contributed by atoms with Crippen molar-refractivity contribution in [2.24, 2.45) is 0 Å². The molecule has 160 valence electrons. The predicted molar refractivity (Wildman–Crippen MR) is 120 cm³/mol. The van der Waals surface area contributed by atoms with Gasteiger partial charge in [-0.25, -0.2) is 4.98 Å². The molecule has 0 radical (unpaired) electrons. The number of thiazole rings is 1. The standard InChI is InChI=1S/C22H20ClN3O4S/c1-14-5-3-6-16(9-14)21(29)24-11-20(28)30-12-18-13-31-22(25-18)26(15(2)27)19-8-4-7-17(23)10-19/h3-10,13H,11-12H2,1-2H3,(H,24,29). The van der Waals surface area contributed by atoms with Gasteiger partial charge in [0.05, 0.1) is 11.4 Å². The van der Waals surface area contributed by atoms with Crippen molar-refractivity contribution in [2.45, 2.75) is 20.5 Å². The van der Waals surface area contributed by atoms with Crippen LogP contribution in [-0.4, -0.2) is 29.3 Å². The lowest BCUT2D eigenvalue weighted by molar-refractivity contribution is -0.143. The van der Waals surface area contributed by atoms with Crippen LogP contribution in [0.1, 0.15) is 28.5 Å². The molecule has 31 heavy (non-hydrogen) atoms. The van der Waals surface area contributed by atoms with Crippen LogP contribution >= 0.6 is 22.9 Å². The van der Waals surface area contributed by atoms with Gasteiger partial charge in [0.2, 0.25) is 5.91 Å². The Balaban J connectivity index is 1.56. The summed E-state index contributed by atoms with van der Waals surface area (Å²) in [5.74, 6) is -1.16. The van der Waals surface area contributed by atoms with Crippen LogP contribution in [0.3, 0.4) is 0 Å². The van der Waals surface area contributed by atoms with Gasteiger partial charge in [-0.2, -0.15) is 0 Å². The second-order valence-corrected chi connectivity index (χ2v) is 7.94. The van der Waals surface area contributed by atoms with Crippen molar-refractivity contribution in [1.29, 1.82) is 0 Å². The fourth-order valence-electron chi connectivity index (χ4n) is 2.75. The monoisotopic (exact) mass is 457 g/mol. The lowest BCUT2D eigenvalue weighted by Crippen LogP contribution is -2.30. The Labute approximate surface area is 188 Å². The van der Waals surface area contributed by atoms with E-state index in [0.717, 1.165) is 5.56 Å². The van der Waals surface area contributed by atoms with Gasteiger partial charge in [0.25, 0.3) is 5.91 Å². The zero-order valence-corrected chi connectivity index (χ0v) is 18.5. The van der Waals surface area contributed by atoms with Gasteiger partial charge in [-0.05, 0) is 37.3 Å². The molecule has 0 fully saturated rings. The minimum Gasteiger partial charge on any atom is -0.458 e. The first kappa shape index (κ1) is 22.5. The van der Waals surface area contributed by atoms with Gasteiger partial charge in [-0.15, -0.1) is 11.3 Å². The minimum absolute atomic E-state index is 0.0725. The number of aromatic nitrogens is 1. The van der Waals surface area contributed by atoms with E-state index in [0.29, 0.717) is 27.1 Å². The number of carbonyl (C=O) groups is 3. The first-order valence-electron chi connectivity index (χ1n) is 9.34. The van der Waals surface area contributed by atoms with Gasteiger partial charge in [0.15, 0.2) is 5.13 Å². The van der Waals surface area contributed by atoms with Crippen molar-refractivity contribution >= 4 is 51.5 Å². The van der Waals surface area contributed by atoms with Crippen LogP contribution < -0.4 is 10.2 Å². The van der Waals surface area contributed by atoms with Gasteiger partial charge in [-0.1, -0.05) is 35.4 Å². The van der Waals surface area contributed by atoms with Crippen LogP contribution in [0.2, 0.25) is 5.02 Å². The average Bonchev–Trinajstić information content (AvgIpc) is 3.18. The number of ether oxygens (including phenoxy) is 1. The van der Waals surface area contributed by atoms with Crippen molar-refractivity contribution in [3.8, 4) is 0 Å². The molecule has 0 aliphatic rings. The third-order valence-electron chi connectivity index (χ3n) is 4.17. The number of anilines is 2. The Morgan fingerprint density at radius 1 is 1.16 bits per heavy atom. The van der Waals surface area contributed by atoms with E-state index in [-0.39, 0.29) is 25.0 Å². The zero-order chi connectivity index (χ0) is 22.4. The number of aryl methyl sites for hydroxylation is 1. The Bertz CT molecular complexity index is 1120. The molecule has 0 aliphatic heterocycles. The molecule has 7 nitrogen and oxygen atoms in total. The second kappa shape index (κ2) is 10.2. The van der Waals surface area contributed by atoms with Gasteiger partial charge >= 0.3 is 5.97 Å². The SMILES string of the molecule is CC(=O)N(c1cccc(Cl)c1)c1nc(COC(=O)CNC(=O)c2cccc(C)c2)cs1. The summed E-state index contributed by atoms with van der Waals surface area (Å²) >= 11 is 7.27. The molecule has 0 unspecified atom stereocenters. The molecule has 2 amide bonds. The van der Waals surface area contributed by atoms with Crippen molar-refractivity contribution in [2.75, 3.05) is 11.4 Å². The summed E-state index contributed by atoms with van der Waals surface area (Å²) in [7, 11) is 0. The Kier molecular flexibility index (Phi) is 7.38. The average molecular weight is 458 g/mol. The maximum Gasteiger partial charge on any atom is 0.325 e. The number of nitrogens with one attached hydrogen (secondary N) is 1. The first-order valence-corrected chi connectivity index (χ1v) is 10.6. The zero-order valence-electron chi connectivity index (χ0n) is 16.9. The fourth-order valence-corrected chi connectivity index (χ4v) is 3.81. The van der Waals surface area contributed by atoms with Gasteiger partial charge in [-0.3, -0.25) is 19.3 Å². The fraction of sp³-hybridized carbons (Fsp3) is 0.182. The molecule has 3 rings (SSSR count). The number of carbonyl (C=O) groups excluding carboxylic acids is 3. The van der Waals surface area contributed by atoms with Crippen LogP contribution in [0.5, 0.6) is 0 Å². The minimum atomic E-state index is -0.589. The molecule has 0 spiro atoms. The van der Waals surface area contributed by atoms with Crippen LogP contribution in [0.25, 0.3) is 0 Å². The lowest BCUT2D eigenvalue weighted by atomic mass is 10.1. The number of hydrogen-bond donors (Lipinski definition) is 1. The quantitative estimate of drug-likeness (QED) is 0.535. The highest BCUT2D eigenvalue weighted by atomic mass is 35.5. The Morgan fingerprint density at radius 3 is 2.65 bits per heavy atom. The summed E-state index contributed by atoms with van der Waals surface area (Å²) in [6.07, 6.45) is 0. The van der Waals surface area contributed by atoms with E-state index in [4.69, 9.17) is 16.3 Å². The molecular weight excluding hydrogens is 438 g/mol. The first-order chi connectivity index (χ1) is 14.8. The van der Waals surface area contributed by atoms with Gasteiger partial charge < -0.3 is 10.1 Å².